The molecule has 0 spiro atoms. The van der Waals surface area contributed by atoms with E-state index in [0.29, 0.717) is 6.42 Å². The molecule has 0 aromatic carbocycles. The average Bonchev–Trinajstić information content (AvgIpc) is 3.11. The third-order valence-corrected chi connectivity index (χ3v) is 4.55. The summed E-state index contributed by atoms with van der Waals surface area (Å²) in [6.07, 6.45) is 2.44. The zero-order valence-corrected chi connectivity index (χ0v) is 12.9. The molecular weight excluding hydrogens is 284 g/mol. The molecule has 2 aromatic heterocycles. The van der Waals surface area contributed by atoms with Crippen LogP contribution in [0.25, 0.3) is 0 Å². The van der Waals surface area contributed by atoms with Gasteiger partial charge in [0, 0.05) is 30.9 Å². The fraction of sp³-hybridized carbons (Fsp3) is 0.467. The Morgan fingerprint density at radius 2 is 2.33 bits per heavy atom. The Balaban J connectivity index is 1.46. The predicted octanol–water partition coefficient (Wildman–Crippen LogP) is 2.11. The van der Waals surface area contributed by atoms with Crippen LogP contribution in [0.1, 0.15) is 24.1 Å². The van der Waals surface area contributed by atoms with Crippen LogP contribution in [-0.2, 0) is 11.2 Å². The minimum Gasteiger partial charge on any atom is -0.355 e. The quantitative estimate of drug-likeness (QED) is 0.909. The highest BCUT2D eigenvalue weighted by Gasteiger charge is 2.22. The number of thiophene rings is 1. The van der Waals surface area contributed by atoms with Crippen molar-refractivity contribution in [3.63, 3.8) is 0 Å². The largest absolute Gasteiger partial charge is 0.355 e. The van der Waals surface area contributed by atoms with Crippen LogP contribution in [0.5, 0.6) is 0 Å². The molecule has 1 amide bonds. The van der Waals surface area contributed by atoms with Crippen LogP contribution in [-0.4, -0.2) is 35.2 Å². The second-order valence-electron chi connectivity index (χ2n) is 5.55. The standard InChI is InChI=1S/C15H20N4OS/c1-11-8-14(18-17-11)19-5-2-13(3-6-19)16-15(20)9-12-4-7-21-10-12/h4,7-8,10,13H,2-3,5-6,9H2,1H3,(H,16,20)(H,17,18). The van der Waals surface area contributed by atoms with Gasteiger partial charge in [0.2, 0.25) is 5.91 Å². The Labute approximate surface area is 128 Å². The molecule has 3 heterocycles. The third kappa shape index (κ3) is 3.64. The number of aromatic nitrogens is 2. The van der Waals surface area contributed by atoms with E-state index >= 15 is 0 Å². The first kappa shape index (κ1) is 14.1. The van der Waals surface area contributed by atoms with Crippen molar-refractivity contribution < 1.29 is 4.79 Å². The van der Waals surface area contributed by atoms with Crippen LogP contribution >= 0.6 is 11.3 Å². The number of H-pyrrole nitrogens is 1. The number of amides is 1. The number of carbonyl (C=O) groups is 1. The molecule has 2 N–H and O–H groups in total. The highest BCUT2D eigenvalue weighted by Crippen LogP contribution is 2.18. The maximum atomic E-state index is 12.0. The molecule has 0 saturated carbocycles. The highest BCUT2D eigenvalue weighted by molar-refractivity contribution is 7.07. The summed E-state index contributed by atoms with van der Waals surface area (Å²) < 4.78 is 0. The summed E-state index contributed by atoms with van der Waals surface area (Å²) in [5.74, 6) is 1.14. The Bertz CT molecular complexity index is 585. The lowest BCUT2D eigenvalue weighted by atomic mass is 10.0. The SMILES string of the molecule is Cc1cc(N2CCC(NC(=O)Cc3ccsc3)CC2)n[nH]1. The normalized spacial score (nSPS) is 16.1. The molecule has 1 aliphatic heterocycles. The molecule has 0 bridgehead atoms. The van der Waals surface area contributed by atoms with E-state index in [1.54, 1.807) is 11.3 Å². The summed E-state index contributed by atoms with van der Waals surface area (Å²) in [5, 5.41) is 14.4. The van der Waals surface area contributed by atoms with Gasteiger partial charge in [-0.3, -0.25) is 9.89 Å². The molecule has 0 aliphatic carbocycles. The van der Waals surface area contributed by atoms with Gasteiger partial charge < -0.3 is 10.2 Å². The van der Waals surface area contributed by atoms with Crippen molar-refractivity contribution in [3.8, 4) is 0 Å². The second kappa shape index (κ2) is 6.30. The Kier molecular flexibility index (Phi) is 4.24. The van der Waals surface area contributed by atoms with Gasteiger partial charge in [-0.15, -0.1) is 0 Å². The summed E-state index contributed by atoms with van der Waals surface area (Å²) >= 11 is 1.63. The van der Waals surface area contributed by atoms with Crippen LogP contribution in [0.4, 0.5) is 5.82 Å². The first-order valence-electron chi connectivity index (χ1n) is 7.28. The number of rotatable bonds is 4. The summed E-state index contributed by atoms with van der Waals surface area (Å²) in [7, 11) is 0. The lowest BCUT2D eigenvalue weighted by Gasteiger charge is -2.32. The number of hydrogen-bond acceptors (Lipinski definition) is 4. The van der Waals surface area contributed by atoms with Crippen LogP contribution in [0, 0.1) is 6.92 Å². The molecule has 1 fully saturated rings. The molecule has 5 nitrogen and oxygen atoms in total. The predicted molar refractivity (Wildman–Crippen MR) is 84.7 cm³/mol. The van der Waals surface area contributed by atoms with E-state index in [1.165, 1.54) is 0 Å². The van der Waals surface area contributed by atoms with Gasteiger partial charge >= 0.3 is 0 Å². The monoisotopic (exact) mass is 304 g/mol. The zero-order chi connectivity index (χ0) is 14.7. The number of aromatic amines is 1. The topological polar surface area (TPSA) is 61.0 Å². The lowest BCUT2D eigenvalue weighted by molar-refractivity contribution is -0.121. The fourth-order valence-electron chi connectivity index (χ4n) is 2.68. The van der Waals surface area contributed by atoms with E-state index in [9.17, 15) is 4.79 Å². The van der Waals surface area contributed by atoms with Crippen molar-refractivity contribution in [2.75, 3.05) is 18.0 Å². The highest BCUT2D eigenvalue weighted by atomic mass is 32.1. The van der Waals surface area contributed by atoms with Gasteiger partial charge in [-0.2, -0.15) is 16.4 Å². The number of hydrogen-bond donors (Lipinski definition) is 2. The Morgan fingerprint density at radius 1 is 1.52 bits per heavy atom. The third-order valence-electron chi connectivity index (χ3n) is 3.82. The van der Waals surface area contributed by atoms with Gasteiger partial charge in [0.1, 0.15) is 0 Å². The average molecular weight is 304 g/mol. The van der Waals surface area contributed by atoms with Crippen molar-refractivity contribution in [2.45, 2.75) is 32.2 Å². The van der Waals surface area contributed by atoms with Gasteiger partial charge in [-0.1, -0.05) is 0 Å². The molecule has 0 radical (unpaired) electrons. The van der Waals surface area contributed by atoms with Crippen molar-refractivity contribution in [1.29, 1.82) is 0 Å². The molecule has 1 aliphatic rings. The van der Waals surface area contributed by atoms with Gasteiger partial charge in [-0.05, 0) is 42.2 Å². The fourth-order valence-corrected chi connectivity index (χ4v) is 3.34. The lowest BCUT2D eigenvalue weighted by Crippen LogP contribution is -2.45. The molecule has 6 heteroatoms. The first-order valence-corrected chi connectivity index (χ1v) is 8.22. The molecule has 3 rings (SSSR count). The van der Waals surface area contributed by atoms with Gasteiger partial charge in [0.15, 0.2) is 5.82 Å². The number of nitrogens with zero attached hydrogens (tertiary/aromatic N) is 2. The van der Waals surface area contributed by atoms with Crippen molar-refractivity contribution in [2.24, 2.45) is 0 Å². The smallest absolute Gasteiger partial charge is 0.224 e. The first-order chi connectivity index (χ1) is 10.2. The van der Waals surface area contributed by atoms with E-state index < -0.39 is 0 Å². The molecule has 0 atom stereocenters. The summed E-state index contributed by atoms with van der Waals surface area (Å²) in [6, 6.07) is 4.36. The van der Waals surface area contributed by atoms with Crippen LogP contribution in [0.15, 0.2) is 22.9 Å². The van der Waals surface area contributed by atoms with Crippen molar-refractivity contribution >= 4 is 23.1 Å². The molecule has 1 saturated heterocycles. The summed E-state index contributed by atoms with van der Waals surface area (Å²) in [4.78, 5) is 14.3. The van der Waals surface area contributed by atoms with Gasteiger partial charge in [-0.25, -0.2) is 0 Å². The summed E-state index contributed by atoms with van der Waals surface area (Å²) in [5.41, 5.74) is 2.18. The van der Waals surface area contributed by atoms with E-state index in [4.69, 9.17) is 0 Å². The molecule has 2 aromatic rings. The maximum absolute atomic E-state index is 12.0. The zero-order valence-electron chi connectivity index (χ0n) is 12.1. The number of anilines is 1. The van der Waals surface area contributed by atoms with E-state index in [-0.39, 0.29) is 11.9 Å². The van der Waals surface area contributed by atoms with Crippen molar-refractivity contribution in [3.05, 3.63) is 34.2 Å². The number of carbonyl (C=O) groups excluding carboxylic acids is 1. The van der Waals surface area contributed by atoms with Crippen LogP contribution in [0.3, 0.4) is 0 Å². The molecule has 21 heavy (non-hydrogen) atoms. The van der Waals surface area contributed by atoms with Crippen LogP contribution < -0.4 is 10.2 Å². The van der Waals surface area contributed by atoms with Crippen LogP contribution in [0.2, 0.25) is 0 Å². The minimum atomic E-state index is 0.127. The number of piperidine rings is 1. The Hall–Kier alpha value is -1.82. The minimum absolute atomic E-state index is 0.127. The molecule has 0 unspecified atom stereocenters. The molecular formula is C15H20N4OS. The number of aryl methyl sites for hydroxylation is 1. The summed E-state index contributed by atoms with van der Waals surface area (Å²) in [6.45, 7) is 3.88. The Morgan fingerprint density at radius 3 is 2.95 bits per heavy atom. The van der Waals surface area contributed by atoms with E-state index in [1.807, 2.05) is 23.8 Å². The molecule has 112 valence electrons. The van der Waals surface area contributed by atoms with Crippen molar-refractivity contribution in [1.82, 2.24) is 15.5 Å². The number of nitrogens with one attached hydrogen (secondary N) is 2. The van der Waals surface area contributed by atoms with Gasteiger partial charge in [0.05, 0.1) is 6.42 Å². The van der Waals surface area contributed by atoms with Gasteiger partial charge in [0.25, 0.3) is 0 Å². The maximum Gasteiger partial charge on any atom is 0.224 e. The van der Waals surface area contributed by atoms with E-state index in [2.05, 4.69) is 26.5 Å². The van der Waals surface area contributed by atoms with E-state index in [0.717, 1.165) is 43.0 Å². The second-order valence-corrected chi connectivity index (χ2v) is 6.33.